The summed E-state index contributed by atoms with van der Waals surface area (Å²) in [6.45, 7) is 2.15. The van der Waals surface area contributed by atoms with Crippen molar-refractivity contribution in [3.8, 4) is 0 Å². The Hall–Kier alpha value is -1.35. The Morgan fingerprint density at radius 1 is 1.26 bits per heavy atom. The zero-order valence-electron chi connectivity index (χ0n) is 11.2. The Morgan fingerprint density at radius 2 is 2.05 bits per heavy atom. The number of hydrogen-bond donors (Lipinski definition) is 1. The van der Waals surface area contributed by atoms with Gasteiger partial charge in [-0.15, -0.1) is 0 Å². The molecule has 1 heterocycles. The zero-order chi connectivity index (χ0) is 13.1. The number of fused-ring (bicyclic) bond motifs is 1. The third-order valence-corrected chi connectivity index (χ3v) is 4.31. The number of esters is 1. The molecule has 0 aromatic heterocycles. The van der Waals surface area contributed by atoms with Gasteiger partial charge in [0.2, 0.25) is 0 Å². The second-order valence-corrected chi connectivity index (χ2v) is 5.66. The predicted molar refractivity (Wildman–Crippen MR) is 73.8 cm³/mol. The van der Waals surface area contributed by atoms with Gasteiger partial charge in [0.25, 0.3) is 0 Å². The molecule has 0 bridgehead atoms. The molecule has 3 heteroatoms. The average Bonchev–Trinajstić information content (AvgIpc) is 2.97. The van der Waals surface area contributed by atoms with Crippen molar-refractivity contribution in [2.24, 2.45) is 5.92 Å². The lowest BCUT2D eigenvalue weighted by Crippen LogP contribution is -2.34. The fourth-order valence-corrected chi connectivity index (χ4v) is 3.18. The molecule has 1 aromatic rings. The monoisotopic (exact) mass is 259 g/mol. The molecule has 1 aliphatic carbocycles. The molecule has 0 spiro atoms. The SMILES string of the molecule is O=C(OCC1CCCC1)C1CNCc2ccccc21. The van der Waals surface area contributed by atoms with E-state index in [-0.39, 0.29) is 11.9 Å². The van der Waals surface area contributed by atoms with Crippen LogP contribution < -0.4 is 5.32 Å². The Kier molecular flexibility index (Phi) is 3.83. The number of carbonyl (C=O) groups excluding carboxylic acids is 1. The third-order valence-electron chi connectivity index (χ3n) is 4.31. The number of rotatable bonds is 3. The van der Waals surface area contributed by atoms with Gasteiger partial charge in [-0.2, -0.15) is 0 Å². The number of carbonyl (C=O) groups is 1. The summed E-state index contributed by atoms with van der Waals surface area (Å²) in [4.78, 5) is 12.3. The smallest absolute Gasteiger partial charge is 0.314 e. The largest absolute Gasteiger partial charge is 0.465 e. The van der Waals surface area contributed by atoms with E-state index in [9.17, 15) is 4.79 Å². The van der Waals surface area contributed by atoms with Crippen molar-refractivity contribution in [1.82, 2.24) is 5.32 Å². The van der Waals surface area contributed by atoms with Gasteiger partial charge in [-0.1, -0.05) is 37.1 Å². The first-order chi connectivity index (χ1) is 9.34. The maximum Gasteiger partial charge on any atom is 0.314 e. The fraction of sp³-hybridized carbons (Fsp3) is 0.562. The Balaban J connectivity index is 1.64. The molecule has 1 fully saturated rings. The fourth-order valence-electron chi connectivity index (χ4n) is 3.18. The maximum atomic E-state index is 12.3. The molecule has 3 rings (SSSR count). The van der Waals surface area contributed by atoms with Gasteiger partial charge in [-0.05, 0) is 29.9 Å². The molecule has 1 aromatic carbocycles. The Morgan fingerprint density at radius 3 is 2.89 bits per heavy atom. The van der Waals surface area contributed by atoms with E-state index in [0.29, 0.717) is 19.1 Å². The molecule has 102 valence electrons. The van der Waals surface area contributed by atoms with Gasteiger partial charge in [0.05, 0.1) is 12.5 Å². The maximum absolute atomic E-state index is 12.3. The minimum atomic E-state index is -0.133. The van der Waals surface area contributed by atoms with Crippen molar-refractivity contribution >= 4 is 5.97 Å². The average molecular weight is 259 g/mol. The first kappa shape index (κ1) is 12.7. The summed E-state index contributed by atoms with van der Waals surface area (Å²) < 4.78 is 5.54. The lowest BCUT2D eigenvalue weighted by molar-refractivity contribution is -0.146. The topological polar surface area (TPSA) is 38.3 Å². The molecule has 0 amide bonds. The van der Waals surface area contributed by atoms with Crippen LogP contribution in [0.2, 0.25) is 0 Å². The highest BCUT2D eigenvalue weighted by atomic mass is 16.5. The van der Waals surface area contributed by atoms with Crippen molar-refractivity contribution in [3.63, 3.8) is 0 Å². The van der Waals surface area contributed by atoms with Crippen molar-refractivity contribution in [2.75, 3.05) is 13.2 Å². The van der Waals surface area contributed by atoms with Crippen molar-refractivity contribution in [3.05, 3.63) is 35.4 Å². The lowest BCUT2D eigenvalue weighted by atomic mass is 9.91. The van der Waals surface area contributed by atoms with Crippen molar-refractivity contribution in [1.29, 1.82) is 0 Å². The quantitative estimate of drug-likeness (QED) is 0.848. The molecule has 0 radical (unpaired) electrons. The number of hydrogen-bond acceptors (Lipinski definition) is 3. The summed E-state index contributed by atoms with van der Waals surface area (Å²) in [5.74, 6) is 0.397. The van der Waals surface area contributed by atoms with E-state index < -0.39 is 0 Å². The van der Waals surface area contributed by atoms with E-state index in [1.807, 2.05) is 12.1 Å². The van der Waals surface area contributed by atoms with E-state index in [1.165, 1.54) is 31.2 Å². The lowest BCUT2D eigenvalue weighted by Gasteiger charge is -2.25. The summed E-state index contributed by atoms with van der Waals surface area (Å²) >= 11 is 0. The van der Waals surface area contributed by atoms with E-state index in [4.69, 9.17) is 4.74 Å². The number of ether oxygens (including phenoxy) is 1. The van der Waals surface area contributed by atoms with Crippen LogP contribution in [0.1, 0.15) is 42.7 Å². The minimum absolute atomic E-state index is 0.0634. The second kappa shape index (κ2) is 5.74. The highest BCUT2D eigenvalue weighted by Crippen LogP contribution is 2.27. The van der Waals surface area contributed by atoms with Crippen molar-refractivity contribution in [2.45, 2.75) is 38.1 Å². The molecule has 3 nitrogen and oxygen atoms in total. The van der Waals surface area contributed by atoms with E-state index in [0.717, 1.165) is 12.1 Å². The van der Waals surface area contributed by atoms with Gasteiger partial charge in [0.1, 0.15) is 0 Å². The summed E-state index contributed by atoms with van der Waals surface area (Å²) in [7, 11) is 0. The molecule has 0 saturated heterocycles. The van der Waals surface area contributed by atoms with Gasteiger partial charge >= 0.3 is 5.97 Å². The van der Waals surface area contributed by atoms with E-state index in [1.54, 1.807) is 0 Å². The normalized spacial score (nSPS) is 23.1. The second-order valence-electron chi connectivity index (χ2n) is 5.66. The molecule has 1 saturated carbocycles. The van der Waals surface area contributed by atoms with Gasteiger partial charge in [0.15, 0.2) is 0 Å². The van der Waals surface area contributed by atoms with E-state index >= 15 is 0 Å². The first-order valence-electron chi connectivity index (χ1n) is 7.30. The molecule has 1 atom stereocenters. The van der Waals surface area contributed by atoms with Crippen LogP contribution in [-0.4, -0.2) is 19.1 Å². The van der Waals surface area contributed by atoms with Gasteiger partial charge < -0.3 is 10.1 Å². The Labute approximate surface area is 114 Å². The summed E-state index contributed by atoms with van der Waals surface area (Å²) in [6.07, 6.45) is 5.01. The summed E-state index contributed by atoms with van der Waals surface area (Å²) in [6, 6.07) is 8.16. The van der Waals surface area contributed by atoms with Crippen LogP contribution in [0, 0.1) is 5.92 Å². The number of benzene rings is 1. The van der Waals surface area contributed by atoms with Gasteiger partial charge in [-0.25, -0.2) is 0 Å². The highest BCUT2D eigenvalue weighted by molar-refractivity contribution is 5.79. The molecule has 2 aliphatic rings. The first-order valence-corrected chi connectivity index (χ1v) is 7.30. The van der Waals surface area contributed by atoms with Crippen LogP contribution in [0.15, 0.2) is 24.3 Å². The highest BCUT2D eigenvalue weighted by Gasteiger charge is 2.28. The van der Waals surface area contributed by atoms with Crippen LogP contribution in [0.4, 0.5) is 0 Å². The Bertz CT molecular complexity index is 452. The molecular weight excluding hydrogens is 238 g/mol. The van der Waals surface area contributed by atoms with Crippen LogP contribution >= 0.6 is 0 Å². The van der Waals surface area contributed by atoms with Crippen LogP contribution in [-0.2, 0) is 16.1 Å². The molecule has 19 heavy (non-hydrogen) atoms. The van der Waals surface area contributed by atoms with Crippen LogP contribution in [0.3, 0.4) is 0 Å². The molecule has 1 unspecified atom stereocenters. The van der Waals surface area contributed by atoms with Gasteiger partial charge in [0, 0.05) is 13.1 Å². The zero-order valence-corrected chi connectivity index (χ0v) is 11.2. The van der Waals surface area contributed by atoms with E-state index in [2.05, 4.69) is 17.4 Å². The molecule has 1 aliphatic heterocycles. The van der Waals surface area contributed by atoms with Crippen molar-refractivity contribution < 1.29 is 9.53 Å². The standard InChI is InChI=1S/C16H21NO2/c18-16(19-11-12-5-1-2-6-12)15-10-17-9-13-7-3-4-8-14(13)15/h3-4,7-8,12,15,17H,1-2,5-6,9-11H2. The van der Waals surface area contributed by atoms with Crippen LogP contribution in [0.25, 0.3) is 0 Å². The van der Waals surface area contributed by atoms with Gasteiger partial charge in [-0.3, -0.25) is 4.79 Å². The summed E-state index contributed by atoms with van der Waals surface area (Å²) in [5.41, 5.74) is 2.36. The summed E-state index contributed by atoms with van der Waals surface area (Å²) in [5, 5.41) is 3.30. The molecule has 1 N–H and O–H groups in total. The molecular formula is C16H21NO2. The predicted octanol–water partition coefficient (Wildman–Crippen LogP) is 2.61. The van der Waals surface area contributed by atoms with Crippen LogP contribution in [0.5, 0.6) is 0 Å². The third kappa shape index (κ3) is 2.81. The minimum Gasteiger partial charge on any atom is -0.465 e. The number of nitrogens with one attached hydrogen (secondary N) is 1.